The Morgan fingerprint density at radius 2 is 2.00 bits per heavy atom. The lowest BCUT2D eigenvalue weighted by Gasteiger charge is -2.16. The number of rotatable bonds is 6. The van der Waals surface area contributed by atoms with E-state index in [2.05, 4.69) is 11.4 Å². The van der Waals surface area contributed by atoms with Gasteiger partial charge < -0.3 is 15.2 Å². The lowest BCUT2D eigenvalue weighted by atomic mass is 10.1. The minimum absolute atomic E-state index is 0.0622. The van der Waals surface area contributed by atoms with Crippen LogP contribution in [-0.4, -0.2) is 11.0 Å². The lowest BCUT2D eigenvalue weighted by molar-refractivity contribution is -0.115. The first-order valence-corrected chi connectivity index (χ1v) is 7.76. The topological polar surface area (TPSA) is 58.6 Å². The van der Waals surface area contributed by atoms with Crippen molar-refractivity contribution >= 4 is 11.6 Å². The molecule has 0 saturated carbocycles. The molecule has 122 valence electrons. The van der Waals surface area contributed by atoms with E-state index >= 15 is 0 Å². The highest BCUT2D eigenvalue weighted by molar-refractivity contribution is 5.91. The second-order valence-corrected chi connectivity index (χ2v) is 5.56. The summed E-state index contributed by atoms with van der Waals surface area (Å²) < 4.78 is 5.91. The summed E-state index contributed by atoms with van der Waals surface area (Å²) in [5.41, 5.74) is 4.49. The summed E-state index contributed by atoms with van der Waals surface area (Å²) in [6, 6.07) is 11.5. The Hall–Kier alpha value is -2.33. The summed E-state index contributed by atoms with van der Waals surface area (Å²) in [5.74, 6) is 0.740. The number of carbonyl (C=O) groups excluding carboxylic acids is 1. The third-order valence-corrected chi connectivity index (χ3v) is 3.74. The van der Waals surface area contributed by atoms with Crippen molar-refractivity contribution in [3.8, 4) is 5.75 Å². The van der Waals surface area contributed by atoms with Crippen molar-refractivity contribution in [1.29, 1.82) is 0 Å². The second-order valence-electron chi connectivity index (χ2n) is 5.56. The molecule has 0 aliphatic rings. The summed E-state index contributed by atoms with van der Waals surface area (Å²) in [6.45, 7) is 6.04. The van der Waals surface area contributed by atoms with Crippen molar-refractivity contribution in [3.63, 3.8) is 0 Å². The molecule has 1 amide bonds. The van der Waals surface area contributed by atoms with Crippen LogP contribution in [0.4, 0.5) is 5.69 Å². The van der Waals surface area contributed by atoms with Gasteiger partial charge in [-0.3, -0.25) is 4.79 Å². The molecule has 0 fully saturated rings. The molecule has 0 aliphatic heterocycles. The molecule has 4 nitrogen and oxygen atoms in total. The Morgan fingerprint density at radius 3 is 2.65 bits per heavy atom. The number of carbonyl (C=O) groups is 1. The molecule has 0 aromatic heterocycles. The first-order valence-electron chi connectivity index (χ1n) is 7.76. The van der Waals surface area contributed by atoms with Crippen LogP contribution in [-0.2, 0) is 18.0 Å². The quantitative estimate of drug-likeness (QED) is 0.854. The van der Waals surface area contributed by atoms with E-state index in [9.17, 15) is 9.90 Å². The fraction of sp³-hybridized carbons (Fsp3) is 0.316. The van der Waals surface area contributed by atoms with Crippen molar-refractivity contribution in [2.45, 2.75) is 40.4 Å². The summed E-state index contributed by atoms with van der Waals surface area (Å²) >= 11 is 0. The molecule has 0 bridgehead atoms. The highest BCUT2D eigenvalue weighted by atomic mass is 16.5. The van der Waals surface area contributed by atoms with Gasteiger partial charge in [-0.25, -0.2) is 0 Å². The van der Waals surface area contributed by atoms with Crippen molar-refractivity contribution in [3.05, 3.63) is 58.7 Å². The molecule has 0 unspecified atom stereocenters. The Labute approximate surface area is 137 Å². The highest BCUT2D eigenvalue weighted by Gasteiger charge is 2.11. The van der Waals surface area contributed by atoms with E-state index in [0.29, 0.717) is 18.7 Å². The van der Waals surface area contributed by atoms with Crippen LogP contribution in [0.3, 0.4) is 0 Å². The molecule has 0 radical (unpaired) electrons. The van der Waals surface area contributed by atoms with Gasteiger partial charge in [0.1, 0.15) is 12.4 Å². The van der Waals surface area contributed by atoms with Crippen molar-refractivity contribution < 1.29 is 14.6 Å². The Balaban J connectivity index is 2.24. The largest absolute Gasteiger partial charge is 0.489 e. The van der Waals surface area contributed by atoms with Gasteiger partial charge in [0.2, 0.25) is 5.91 Å². The number of benzene rings is 2. The minimum atomic E-state index is -0.0958. The predicted molar refractivity (Wildman–Crippen MR) is 91.5 cm³/mol. The zero-order chi connectivity index (χ0) is 16.8. The monoisotopic (exact) mass is 313 g/mol. The van der Waals surface area contributed by atoms with E-state index < -0.39 is 0 Å². The van der Waals surface area contributed by atoms with Gasteiger partial charge in [-0.15, -0.1) is 0 Å². The number of hydrogen-bond acceptors (Lipinski definition) is 3. The standard InChI is InChI=1S/C19H23NO3/c1-4-19(22)20-17-7-5-6-15(11-21)16(17)12-23-18-9-8-13(2)10-14(18)3/h5-10,21H,4,11-12H2,1-3H3,(H,20,22). The van der Waals surface area contributed by atoms with Gasteiger partial charge in [-0.1, -0.05) is 36.8 Å². The molecule has 0 saturated heterocycles. The first-order chi connectivity index (χ1) is 11.0. The molecule has 2 aromatic carbocycles. The van der Waals surface area contributed by atoms with E-state index in [1.807, 2.05) is 44.2 Å². The number of aliphatic hydroxyl groups is 1. The van der Waals surface area contributed by atoms with Crippen molar-refractivity contribution in [2.24, 2.45) is 0 Å². The Bertz CT molecular complexity index is 695. The van der Waals surface area contributed by atoms with Gasteiger partial charge >= 0.3 is 0 Å². The summed E-state index contributed by atoms with van der Waals surface area (Å²) in [6.07, 6.45) is 0.403. The third kappa shape index (κ3) is 4.33. The van der Waals surface area contributed by atoms with Crippen LogP contribution < -0.4 is 10.1 Å². The maximum atomic E-state index is 11.7. The molecule has 2 rings (SSSR count). The number of nitrogens with one attached hydrogen (secondary N) is 1. The van der Waals surface area contributed by atoms with Crippen LogP contribution in [0.25, 0.3) is 0 Å². The number of amides is 1. The van der Waals surface area contributed by atoms with Crippen LogP contribution in [0.1, 0.15) is 35.6 Å². The number of aliphatic hydroxyl groups excluding tert-OH is 1. The maximum absolute atomic E-state index is 11.7. The second kappa shape index (κ2) is 7.79. The Morgan fingerprint density at radius 1 is 1.22 bits per heavy atom. The van der Waals surface area contributed by atoms with Crippen LogP contribution in [0, 0.1) is 13.8 Å². The molecule has 4 heteroatoms. The predicted octanol–water partition coefficient (Wildman–Crippen LogP) is 3.72. The zero-order valence-electron chi connectivity index (χ0n) is 13.8. The third-order valence-electron chi connectivity index (χ3n) is 3.74. The molecular formula is C19H23NO3. The molecule has 0 aliphatic carbocycles. The van der Waals surface area contributed by atoms with Crippen LogP contribution >= 0.6 is 0 Å². The zero-order valence-corrected chi connectivity index (χ0v) is 13.8. The van der Waals surface area contributed by atoms with E-state index in [1.165, 1.54) is 5.56 Å². The Kier molecular flexibility index (Phi) is 5.77. The van der Waals surface area contributed by atoms with E-state index in [1.54, 1.807) is 6.92 Å². The molecule has 0 heterocycles. The molecule has 0 atom stereocenters. The molecule has 2 aromatic rings. The van der Waals surface area contributed by atoms with E-state index in [-0.39, 0.29) is 12.5 Å². The summed E-state index contributed by atoms with van der Waals surface area (Å²) in [5, 5.41) is 12.4. The molecular weight excluding hydrogens is 290 g/mol. The van der Waals surface area contributed by atoms with Gasteiger partial charge in [-0.05, 0) is 37.1 Å². The lowest BCUT2D eigenvalue weighted by Crippen LogP contribution is -2.13. The highest BCUT2D eigenvalue weighted by Crippen LogP contribution is 2.25. The fourth-order valence-electron chi connectivity index (χ4n) is 2.42. The molecule has 2 N–H and O–H groups in total. The fourth-order valence-corrected chi connectivity index (χ4v) is 2.42. The number of hydrogen-bond donors (Lipinski definition) is 2. The SMILES string of the molecule is CCC(=O)Nc1cccc(CO)c1COc1ccc(C)cc1C. The average Bonchev–Trinajstić information content (AvgIpc) is 2.54. The minimum Gasteiger partial charge on any atom is -0.489 e. The van der Waals surface area contributed by atoms with Crippen LogP contribution in [0.2, 0.25) is 0 Å². The van der Waals surface area contributed by atoms with Gasteiger partial charge in [0, 0.05) is 17.7 Å². The van der Waals surface area contributed by atoms with Gasteiger partial charge in [0.05, 0.1) is 6.61 Å². The summed E-state index contributed by atoms with van der Waals surface area (Å²) in [4.78, 5) is 11.7. The smallest absolute Gasteiger partial charge is 0.224 e. The van der Waals surface area contributed by atoms with Crippen molar-refractivity contribution in [1.82, 2.24) is 0 Å². The van der Waals surface area contributed by atoms with Gasteiger partial charge in [0.15, 0.2) is 0 Å². The normalized spacial score (nSPS) is 10.4. The maximum Gasteiger partial charge on any atom is 0.224 e. The van der Waals surface area contributed by atoms with Crippen molar-refractivity contribution in [2.75, 3.05) is 5.32 Å². The van der Waals surface area contributed by atoms with Gasteiger partial charge in [0.25, 0.3) is 0 Å². The van der Waals surface area contributed by atoms with Crippen LogP contribution in [0.15, 0.2) is 36.4 Å². The molecule has 0 spiro atoms. The van der Waals surface area contributed by atoms with E-state index in [4.69, 9.17) is 4.74 Å². The van der Waals surface area contributed by atoms with E-state index in [0.717, 1.165) is 22.4 Å². The first kappa shape index (κ1) is 17.0. The average molecular weight is 313 g/mol. The van der Waals surface area contributed by atoms with Crippen LogP contribution in [0.5, 0.6) is 5.75 Å². The van der Waals surface area contributed by atoms with Gasteiger partial charge in [-0.2, -0.15) is 0 Å². The number of ether oxygens (including phenoxy) is 1. The number of aryl methyl sites for hydroxylation is 2. The molecule has 23 heavy (non-hydrogen) atoms. The summed E-state index contributed by atoms with van der Waals surface area (Å²) in [7, 11) is 0. The number of anilines is 1.